The van der Waals surface area contributed by atoms with Gasteiger partial charge in [-0.05, 0) is 37.5 Å². The summed E-state index contributed by atoms with van der Waals surface area (Å²) in [4.78, 5) is 0. The lowest BCUT2D eigenvalue weighted by atomic mass is 9.92. The fourth-order valence-corrected chi connectivity index (χ4v) is 2.23. The number of nitrogens with one attached hydrogen (secondary N) is 1. The lowest BCUT2D eigenvalue weighted by Gasteiger charge is -2.29. The Morgan fingerprint density at radius 1 is 1.27 bits per heavy atom. The van der Waals surface area contributed by atoms with Gasteiger partial charge in [0.05, 0.1) is 12.1 Å². The van der Waals surface area contributed by atoms with Crippen LogP contribution in [0.15, 0.2) is 24.3 Å². The maximum absolute atomic E-state index is 9.84. The zero-order valence-electron chi connectivity index (χ0n) is 9.24. The van der Waals surface area contributed by atoms with Gasteiger partial charge in [-0.25, -0.2) is 0 Å². The standard InChI is InChI=1S/C13H19NO/c1-10-5-4-6-11(9-10)14-12-7-2-3-8-13(12)15/h4-6,9,12-15H,2-3,7-8H2,1H3/t12-,13-/m0/s1. The Labute approximate surface area is 91.3 Å². The van der Waals surface area contributed by atoms with Crippen molar-refractivity contribution in [3.05, 3.63) is 29.8 Å². The number of aliphatic hydroxyl groups is 1. The molecule has 2 atom stereocenters. The van der Waals surface area contributed by atoms with E-state index in [9.17, 15) is 5.11 Å². The predicted octanol–water partition coefficient (Wildman–Crippen LogP) is 2.71. The van der Waals surface area contributed by atoms with Gasteiger partial charge < -0.3 is 10.4 Å². The first-order valence-corrected chi connectivity index (χ1v) is 5.77. The summed E-state index contributed by atoms with van der Waals surface area (Å²) >= 11 is 0. The SMILES string of the molecule is Cc1cccc(N[C@H]2CCCC[C@@H]2O)c1. The molecular weight excluding hydrogens is 186 g/mol. The van der Waals surface area contributed by atoms with Crippen molar-refractivity contribution in [3.63, 3.8) is 0 Å². The average molecular weight is 205 g/mol. The number of aliphatic hydroxyl groups excluding tert-OH is 1. The van der Waals surface area contributed by atoms with Crippen LogP contribution < -0.4 is 5.32 Å². The molecule has 1 aromatic rings. The van der Waals surface area contributed by atoms with Gasteiger partial charge in [-0.3, -0.25) is 0 Å². The van der Waals surface area contributed by atoms with E-state index >= 15 is 0 Å². The fourth-order valence-electron chi connectivity index (χ4n) is 2.23. The highest BCUT2D eigenvalue weighted by atomic mass is 16.3. The van der Waals surface area contributed by atoms with Crippen LogP contribution in [-0.2, 0) is 0 Å². The van der Waals surface area contributed by atoms with Crippen LogP contribution in [0.3, 0.4) is 0 Å². The highest BCUT2D eigenvalue weighted by Crippen LogP contribution is 2.22. The number of anilines is 1. The van der Waals surface area contributed by atoms with E-state index in [4.69, 9.17) is 0 Å². The summed E-state index contributed by atoms with van der Waals surface area (Å²) in [5.74, 6) is 0. The molecule has 2 heteroatoms. The van der Waals surface area contributed by atoms with Gasteiger partial charge in [-0.15, -0.1) is 0 Å². The van der Waals surface area contributed by atoms with Crippen LogP contribution in [-0.4, -0.2) is 17.3 Å². The molecule has 0 aliphatic heterocycles. The molecule has 0 unspecified atom stereocenters. The van der Waals surface area contributed by atoms with Gasteiger partial charge in [-0.2, -0.15) is 0 Å². The van der Waals surface area contributed by atoms with E-state index in [0.29, 0.717) is 0 Å². The van der Waals surface area contributed by atoms with Crippen molar-refractivity contribution < 1.29 is 5.11 Å². The number of aryl methyl sites for hydroxylation is 1. The number of benzene rings is 1. The molecule has 1 aliphatic carbocycles. The van der Waals surface area contributed by atoms with Crippen LogP contribution >= 0.6 is 0 Å². The van der Waals surface area contributed by atoms with E-state index in [2.05, 4.69) is 30.4 Å². The molecular formula is C13H19NO. The molecule has 2 rings (SSSR count). The molecule has 0 amide bonds. The summed E-state index contributed by atoms with van der Waals surface area (Å²) in [6.45, 7) is 2.09. The van der Waals surface area contributed by atoms with E-state index in [0.717, 1.165) is 24.9 Å². The second kappa shape index (κ2) is 4.67. The van der Waals surface area contributed by atoms with Gasteiger partial charge in [0.2, 0.25) is 0 Å². The van der Waals surface area contributed by atoms with Crippen molar-refractivity contribution in [1.82, 2.24) is 0 Å². The van der Waals surface area contributed by atoms with Crippen LogP contribution in [0.1, 0.15) is 31.2 Å². The van der Waals surface area contributed by atoms with Crippen LogP contribution in [0, 0.1) is 6.92 Å². The van der Waals surface area contributed by atoms with Crippen molar-refractivity contribution in [2.75, 3.05) is 5.32 Å². The van der Waals surface area contributed by atoms with Crippen molar-refractivity contribution in [1.29, 1.82) is 0 Å². The van der Waals surface area contributed by atoms with E-state index in [-0.39, 0.29) is 12.1 Å². The number of rotatable bonds is 2. The van der Waals surface area contributed by atoms with E-state index in [1.54, 1.807) is 0 Å². The third-order valence-electron chi connectivity index (χ3n) is 3.10. The molecule has 0 radical (unpaired) electrons. The minimum absolute atomic E-state index is 0.181. The summed E-state index contributed by atoms with van der Waals surface area (Å²) in [5, 5.41) is 13.3. The lowest BCUT2D eigenvalue weighted by molar-refractivity contribution is 0.116. The quantitative estimate of drug-likeness (QED) is 0.778. The molecule has 1 saturated carbocycles. The van der Waals surface area contributed by atoms with Crippen molar-refractivity contribution in [2.24, 2.45) is 0 Å². The second-order valence-corrected chi connectivity index (χ2v) is 4.47. The molecule has 1 aromatic carbocycles. The Hall–Kier alpha value is -1.02. The van der Waals surface area contributed by atoms with Gasteiger partial charge in [0.25, 0.3) is 0 Å². The largest absolute Gasteiger partial charge is 0.391 e. The number of hydrogen-bond acceptors (Lipinski definition) is 2. The Morgan fingerprint density at radius 2 is 2.07 bits per heavy atom. The van der Waals surface area contributed by atoms with Crippen LogP contribution in [0.2, 0.25) is 0 Å². The molecule has 0 saturated heterocycles. The smallest absolute Gasteiger partial charge is 0.0741 e. The molecule has 0 spiro atoms. The zero-order valence-corrected chi connectivity index (χ0v) is 9.24. The van der Waals surface area contributed by atoms with Crippen LogP contribution in [0.4, 0.5) is 5.69 Å². The summed E-state index contributed by atoms with van der Waals surface area (Å²) < 4.78 is 0. The normalized spacial score (nSPS) is 26.3. The maximum atomic E-state index is 9.84. The molecule has 1 aliphatic rings. The van der Waals surface area contributed by atoms with Crippen LogP contribution in [0.5, 0.6) is 0 Å². The third-order valence-corrected chi connectivity index (χ3v) is 3.10. The molecule has 2 nitrogen and oxygen atoms in total. The Kier molecular flexibility index (Phi) is 3.27. The Bertz CT molecular complexity index is 324. The van der Waals surface area contributed by atoms with E-state index in [1.165, 1.54) is 12.0 Å². The maximum Gasteiger partial charge on any atom is 0.0741 e. The third kappa shape index (κ3) is 2.72. The molecule has 82 valence electrons. The summed E-state index contributed by atoms with van der Waals surface area (Å²) in [5.41, 5.74) is 2.38. The molecule has 2 N–H and O–H groups in total. The molecule has 15 heavy (non-hydrogen) atoms. The Balaban J connectivity index is 2.01. The van der Waals surface area contributed by atoms with Crippen molar-refractivity contribution in [3.8, 4) is 0 Å². The van der Waals surface area contributed by atoms with Crippen molar-refractivity contribution >= 4 is 5.69 Å². The number of hydrogen-bond donors (Lipinski definition) is 2. The monoisotopic (exact) mass is 205 g/mol. The molecule has 0 aromatic heterocycles. The minimum Gasteiger partial charge on any atom is -0.391 e. The van der Waals surface area contributed by atoms with Gasteiger partial charge in [-0.1, -0.05) is 25.0 Å². The topological polar surface area (TPSA) is 32.3 Å². The molecule has 1 fully saturated rings. The highest BCUT2D eigenvalue weighted by Gasteiger charge is 2.22. The Morgan fingerprint density at radius 3 is 2.80 bits per heavy atom. The van der Waals surface area contributed by atoms with Crippen LogP contribution in [0.25, 0.3) is 0 Å². The highest BCUT2D eigenvalue weighted by molar-refractivity contribution is 5.46. The molecule has 0 bridgehead atoms. The summed E-state index contributed by atoms with van der Waals surface area (Å²) in [7, 11) is 0. The van der Waals surface area contributed by atoms with Gasteiger partial charge in [0.1, 0.15) is 0 Å². The lowest BCUT2D eigenvalue weighted by Crippen LogP contribution is -2.36. The fraction of sp³-hybridized carbons (Fsp3) is 0.538. The predicted molar refractivity (Wildman–Crippen MR) is 63.1 cm³/mol. The second-order valence-electron chi connectivity index (χ2n) is 4.47. The van der Waals surface area contributed by atoms with E-state index in [1.807, 2.05) is 6.07 Å². The first kappa shape index (κ1) is 10.5. The average Bonchev–Trinajstić information content (AvgIpc) is 2.22. The first-order chi connectivity index (χ1) is 7.25. The van der Waals surface area contributed by atoms with Gasteiger partial charge in [0.15, 0.2) is 0 Å². The zero-order chi connectivity index (χ0) is 10.7. The van der Waals surface area contributed by atoms with E-state index < -0.39 is 0 Å². The van der Waals surface area contributed by atoms with Gasteiger partial charge in [0, 0.05) is 5.69 Å². The van der Waals surface area contributed by atoms with Gasteiger partial charge >= 0.3 is 0 Å². The van der Waals surface area contributed by atoms with Crippen molar-refractivity contribution in [2.45, 2.75) is 44.8 Å². The minimum atomic E-state index is -0.181. The first-order valence-electron chi connectivity index (χ1n) is 5.77. The summed E-state index contributed by atoms with van der Waals surface area (Å²) in [6.07, 6.45) is 4.21. The molecule has 0 heterocycles. The summed E-state index contributed by atoms with van der Waals surface area (Å²) in [6, 6.07) is 8.56.